The SMILES string of the molecule is CC(C)CS(=O)(=O)N1CCC(CN(C)C2C3N(C)CC34Cc3ccc(O)cc3C24C)CC1. The van der Waals surface area contributed by atoms with Crippen LogP contribution < -0.4 is 0 Å². The topological polar surface area (TPSA) is 64.1 Å². The summed E-state index contributed by atoms with van der Waals surface area (Å²) in [6.07, 6.45) is 2.99. The van der Waals surface area contributed by atoms with Gasteiger partial charge in [0.25, 0.3) is 0 Å². The smallest absolute Gasteiger partial charge is 0.214 e. The summed E-state index contributed by atoms with van der Waals surface area (Å²) < 4.78 is 26.9. The summed E-state index contributed by atoms with van der Waals surface area (Å²) in [4.78, 5) is 5.07. The first-order valence-electron chi connectivity index (χ1n) is 12.2. The van der Waals surface area contributed by atoms with E-state index in [-0.39, 0.29) is 17.1 Å². The third-order valence-electron chi connectivity index (χ3n) is 9.19. The molecule has 4 atom stereocenters. The Bertz CT molecular complexity index is 1000. The monoisotopic (exact) mass is 461 g/mol. The van der Waals surface area contributed by atoms with Gasteiger partial charge in [-0.25, -0.2) is 12.7 Å². The summed E-state index contributed by atoms with van der Waals surface area (Å²) in [5, 5.41) is 10.2. The van der Waals surface area contributed by atoms with Crippen LogP contribution in [0.25, 0.3) is 0 Å². The average molecular weight is 462 g/mol. The number of piperidine rings is 2. The molecule has 178 valence electrons. The lowest BCUT2D eigenvalue weighted by molar-refractivity contribution is -0.243. The first-order chi connectivity index (χ1) is 15.0. The summed E-state index contributed by atoms with van der Waals surface area (Å²) in [5.41, 5.74) is 3.11. The molecule has 1 N–H and O–H groups in total. The zero-order valence-electron chi connectivity index (χ0n) is 20.2. The van der Waals surface area contributed by atoms with Crippen molar-refractivity contribution in [1.82, 2.24) is 14.1 Å². The van der Waals surface area contributed by atoms with Gasteiger partial charge in [-0.2, -0.15) is 0 Å². The number of likely N-dealkylation sites (N-methyl/N-ethyl adjacent to an activating group) is 2. The average Bonchev–Trinajstić information content (AvgIpc) is 2.92. The zero-order valence-corrected chi connectivity index (χ0v) is 21.0. The van der Waals surface area contributed by atoms with Crippen LogP contribution in [0.4, 0.5) is 0 Å². The maximum absolute atomic E-state index is 12.6. The van der Waals surface area contributed by atoms with E-state index in [1.54, 1.807) is 4.31 Å². The van der Waals surface area contributed by atoms with Crippen molar-refractivity contribution in [2.24, 2.45) is 17.3 Å². The van der Waals surface area contributed by atoms with Gasteiger partial charge < -0.3 is 14.9 Å². The van der Waals surface area contributed by atoms with E-state index < -0.39 is 10.0 Å². The molecule has 32 heavy (non-hydrogen) atoms. The van der Waals surface area contributed by atoms with E-state index in [9.17, 15) is 13.5 Å². The lowest BCUT2D eigenvalue weighted by Gasteiger charge is -2.77. The minimum absolute atomic E-state index is 0.0638. The van der Waals surface area contributed by atoms with Crippen LogP contribution in [0.3, 0.4) is 0 Å². The number of likely N-dealkylation sites (tertiary alicyclic amines) is 1. The first-order valence-corrected chi connectivity index (χ1v) is 13.8. The van der Waals surface area contributed by atoms with Crippen molar-refractivity contribution in [3.05, 3.63) is 29.3 Å². The van der Waals surface area contributed by atoms with Crippen molar-refractivity contribution in [1.29, 1.82) is 0 Å². The predicted octanol–water partition coefficient (Wildman–Crippen LogP) is 2.52. The number of aromatic hydroxyl groups is 1. The van der Waals surface area contributed by atoms with Gasteiger partial charge in [-0.1, -0.05) is 26.8 Å². The van der Waals surface area contributed by atoms with Crippen molar-refractivity contribution in [3.8, 4) is 5.75 Å². The second-order valence-corrected chi connectivity index (χ2v) is 13.6. The second kappa shape index (κ2) is 7.42. The van der Waals surface area contributed by atoms with Crippen LogP contribution in [-0.2, 0) is 21.9 Å². The molecule has 2 saturated heterocycles. The molecule has 1 aromatic rings. The molecular formula is C25H39N3O3S. The molecule has 0 amide bonds. The van der Waals surface area contributed by atoms with Gasteiger partial charge in [0.15, 0.2) is 0 Å². The van der Waals surface area contributed by atoms with Crippen LogP contribution in [-0.4, -0.2) is 85.7 Å². The largest absolute Gasteiger partial charge is 0.508 e. The Morgan fingerprint density at radius 1 is 1.25 bits per heavy atom. The molecule has 5 rings (SSSR count). The number of sulfonamides is 1. The molecule has 7 heteroatoms. The first kappa shape index (κ1) is 22.6. The fourth-order valence-electron chi connectivity index (χ4n) is 7.89. The quantitative estimate of drug-likeness (QED) is 0.705. The fourth-order valence-corrected chi connectivity index (χ4v) is 9.71. The summed E-state index contributed by atoms with van der Waals surface area (Å²) in [6.45, 7) is 9.80. The molecule has 4 aliphatic rings. The van der Waals surface area contributed by atoms with Gasteiger partial charge in [-0.05, 0) is 68.5 Å². The number of benzene rings is 1. The maximum Gasteiger partial charge on any atom is 0.214 e. The zero-order chi connectivity index (χ0) is 23.1. The Hall–Kier alpha value is -1.15. The number of hydrogen-bond donors (Lipinski definition) is 1. The molecule has 1 aromatic carbocycles. The summed E-state index contributed by atoms with van der Waals surface area (Å²) in [6, 6.07) is 6.95. The highest BCUT2D eigenvalue weighted by Gasteiger charge is 2.79. The highest BCUT2D eigenvalue weighted by atomic mass is 32.2. The van der Waals surface area contributed by atoms with Crippen molar-refractivity contribution >= 4 is 10.0 Å². The maximum atomic E-state index is 12.6. The normalized spacial score (nSPS) is 35.3. The van der Waals surface area contributed by atoms with Gasteiger partial charge in [0.05, 0.1) is 5.75 Å². The van der Waals surface area contributed by atoms with Crippen LogP contribution in [0, 0.1) is 17.3 Å². The standard InChI is InChI=1S/C25H39N3O3S/c1-17(2)15-32(30,31)28-10-8-18(9-11-28)14-26(4)22-23-25(16-27(23)5)13-19-6-7-20(29)12-21(19)24(22,25)3/h6-7,12,17-18,22-23,29H,8-11,13-16H2,1-5H3. The van der Waals surface area contributed by atoms with Gasteiger partial charge >= 0.3 is 0 Å². The summed E-state index contributed by atoms with van der Waals surface area (Å²) in [5.74, 6) is 1.31. The van der Waals surface area contributed by atoms with E-state index in [0.717, 1.165) is 32.4 Å². The van der Waals surface area contributed by atoms with Gasteiger partial charge in [-0.15, -0.1) is 0 Å². The lowest BCUT2D eigenvalue weighted by Crippen LogP contribution is -2.89. The van der Waals surface area contributed by atoms with E-state index in [0.29, 0.717) is 42.3 Å². The molecule has 4 unspecified atom stereocenters. The van der Waals surface area contributed by atoms with Crippen LogP contribution in [0.2, 0.25) is 0 Å². The molecule has 1 saturated carbocycles. The summed E-state index contributed by atoms with van der Waals surface area (Å²) in [7, 11) is 1.37. The lowest BCUT2D eigenvalue weighted by atomic mass is 9.39. The van der Waals surface area contributed by atoms with E-state index in [4.69, 9.17) is 0 Å². The molecule has 0 aromatic heterocycles. The molecule has 2 aliphatic carbocycles. The number of nitrogens with zero attached hydrogens (tertiary/aromatic N) is 3. The third-order valence-corrected chi connectivity index (χ3v) is 11.4. The Balaban J connectivity index is 1.29. The van der Waals surface area contributed by atoms with Gasteiger partial charge in [0.2, 0.25) is 10.0 Å². The Kier molecular flexibility index (Phi) is 5.25. The minimum atomic E-state index is -3.13. The fraction of sp³-hybridized carbons (Fsp3) is 0.760. The Labute approximate surface area is 193 Å². The van der Waals surface area contributed by atoms with Gasteiger partial charge in [-0.3, -0.25) is 0 Å². The minimum Gasteiger partial charge on any atom is -0.508 e. The van der Waals surface area contributed by atoms with Gasteiger partial charge in [0.1, 0.15) is 5.75 Å². The van der Waals surface area contributed by atoms with Crippen molar-refractivity contribution in [2.75, 3.05) is 46.0 Å². The molecule has 3 fully saturated rings. The molecule has 0 radical (unpaired) electrons. The van der Waals surface area contributed by atoms with Crippen molar-refractivity contribution < 1.29 is 13.5 Å². The predicted molar refractivity (Wildman–Crippen MR) is 127 cm³/mol. The molecular weight excluding hydrogens is 422 g/mol. The van der Waals surface area contributed by atoms with E-state index >= 15 is 0 Å². The van der Waals surface area contributed by atoms with Crippen molar-refractivity contribution in [3.63, 3.8) is 0 Å². The van der Waals surface area contributed by atoms with E-state index in [1.165, 1.54) is 11.1 Å². The summed E-state index contributed by atoms with van der Waals surface area (Å²) >= 11 is 0. The third kappa shape index (κ3) is 3.04. The molecule has 1 spiro atoms. The molecule has 2 heterocycles. The number of rotatable bonds is 6. The van der Waals surface area contributed by atoms with E-state index in [1.807, 2.05) is 26.0 Å². The van der Waals surface area contributed by atoms with E-state index in [2.05, 4.69) is 36.9 Å². The molecule has 0 bridgehead atoms. The number of hydrogen-bond acceptors (Lipinski definition) is 5. The highest BCUT2D eigenvalue weighted by molar-refractivity contribution is 7.89. The number of phenolic OH excluding ortho intramolecular Hbond substituents is 1. The van der Waals surface area contributed by atoms with Crippen LogP contribution >= 0.6 is 0 Å². The highest BCUT2D eigenvalue weighted by Crippen LogP contribution is 2.71. The second-order valence-electron chi connectivity index (χ2n) is 11.6. The molecule has 2 aliphatic heterocycles. The Morgan fingerprint density at radius 2 is 1.94 bits per heavy atom. The van der Waals surface area contributed by atoms with Crippen LogP contribution in [0.5, 0.6) is 5.75 Å². The van der Waals surface area contributed by atoms with Crippen LogP contribution in [0.15, 0.2) is 18.2 Å². The van der Waals surface area contributed by atoms with Crippen LogP contribution in [0.1, 0.15) is 44.7 Å². The number of phenols is 1. The van der Waals surface area contributed by atoms with Crippen molar-refractivity contribution in [2.45, 2.75) is 57.5 Å². The number of fused-ring (bicyclic) bond motifs is 2. The van der Waals surface area contributed by atoms with Gasteiger partial charge in [0, 0.05) is 49.1 Å². The molecule has 6 nitrogen and oxygen atoms in total. The Morgan fingerprint density at radius 3 is 2.56 bits per heavy atom.